The smallest absolute Gasteiger partial charge is 0.0372 e. The average Bonchev–Trinajstić information content (AvgIpc) is 2.45. The third-order valence-corrected chi connectivity index (χ3v) is 5.35. The van der Waals surface area contributed by atoms with E-state index < -0.39 is 0 Å². The summed E-state index contributed by atoms with van der Waals surface area (Å²) in [5.74, 6) is 1.55. The zero-order chi connectivity index (χ0) is 15.5. The van der Waals surface area contributed by atoms with E-state index in [9.17, 15) is 0 Å². The van der Waals surface area contributed by atoms with Crippen LogP contribution in [0.2, 0.25) is 0 Å². The Kier molecular flexibility index (Phi) is 5.43. The van der Waals surface area contributed by atoms with E-state index in [0.29, 0.717) is 12.0 Å². The largest absolute Gasteiger partial charge is 0.314 e. The molecule has 0 saturated heterocycles. The molecule has 1 aromatic heterocycles. The number of aromatic nitrogens is 1. The lowest BCUT2D eigenvalue weighted by Crippen LogP contribution is -2.48. The van der Waals surface area contributed by atoms with Gasteiger partial charge in [-0.3, -0.25) is 4.98 Å². The van der Waals surface area contributed by atoms with E-state index in [-0.39, 0.29) is 5.41 Å². The molecule has 1 aromatic rings. The molecule has 2 nitrogen and oxygen atoms in total. The molecule has 0 bridgehead atoms. The van der Waals surface area contributed by atoms with Crippen LogP contribution in [0.1, 0.15) is 64.6 Å². The summed E-state index contributed by atoms with van der Waals surface area (Å²) < 4.78 is 0. The molecule has 2 rings (SSSR count). The second-order valence-corrected chi connectivity index (χ2v) is 7.50. The van der Waals surface area contributed by atoms with Gasteiger partial charge in [-0.2, -0.15) is 0 Å². The van der Waals surface area contributed by atoms with Gasteiger partial charge in [0, 0.05) is 17.9 Å². The molecular weight excluding hydrogens is 256 g/mol. The molecule has 3 unspecified atom stereocenters. The van der Waals surface area contributed by atoms with Crippen molar-refractivity contribution in [2.75, 3.05) is 6.54 Å². The normalized spacial score (nSPS) is 26.8. The molecule has 0 aromatic carbocycles. The van der Waals surface area contributed by atoms with Crippen molar-refractivity contribution in [2.24, 2.45) is 11.8 Å². The van der Waals surface area contributed by atoms with Gasteiger partial charge in [-0.05, 0) is 61.6 Å². The van der Waals surface area contributed by atoms with Gasteiger partial charge in [0.15, 0.2) is 0 Å². The monoisotopic (exact) mass is 288 g/mol. The summed E-state index contributed by atoms with van der Waals surface area (Å²) in [7, 11) is 0. The molecule has 21 heavy (non-hydrogen) atoms. The first-order chi connectivity index (χ1) is 9.95. The van der Waals surface area contributed by atoms with Crippen LogP contribution in [-0.2, 0) is 5.41 Å². The van der Waals surface area contributed by atoms with Crippen LogP contribution in [0.3, 0.4) is 0 Å². The number of aryl methyl sites for hydroxylation is 1. The fraction of sp³-hybridized carbons (Fsp3) is 0.737. The first kappa shape index (κ1) is 16.5. The summed E-state index contributed by atoms with van der Waals surface area (Å²) in [4.78, 5) is 4.52. The Morgan fingerprint density at radius 2 is 2.05 bits per heavy atom. The first-order valence-corrected chi connectivity index (χ1v) is 8.61. The van der Waals surface area contributed by atoms with Crippen LogP contribution in [0.25, 0.3) is 0 Å². The van der Waals surface area contributed by atoms with E-state index in [1.54, 1.807) is 0 Å². The van der Waals surface area contributed by atoms with Gasteiger partial charge in [0.2, 0.25) is 0 Å². The van der Waals surface area contributed by atoms with Crippen molar-refractivity contribution in [3.63, 3.8) is 0 Å². The van der Waals surface area contributed by atoms with E-state index in [1.165, 1.54) is 31.2 Å². The average molecular weight is 288 g/mol. The second kappa shape index (κ2) is 6.91. The lowest BCUT2D eigenvalue weighted by Gasteiger charge is -2.45. The molecular formula is C19H32N2. The zero-order valence-corrected chi connectivity index (χ0v) is 14.4. The number of nitrogens with one attached hydrogen (secondary N) is 1. The summed E-state index contributed by atoms with van der Waals surface area (Å²) in [5.41, 5.74) is 2.68. The molecule has 1 aliphatic rings. The fourth-order valence-electron chi connectivity index (χ4n) is 3.86. The fourth-order valence-corrected chi connectivity index (χ4v) is 3.86. The van der Waals surface area contributed by atoms with Crippen LogP contribution >= 0.6 is 0 Å². The zero-order valence-electron chi connectivity index (χ0n) is 14.4. The van der Waals surface area contributed by atoms with Crippen molar-refractivity contribution in [1.82, 2.24) is 10.3 Å². The Bertz CT molecular complexity index is 435. The third kappa shape index (κ3) is 3.85. The summed E-state index contributed by atoms with van der Waals surface area (Å²) in [6.07, 6.45) is 7.29. The molecule has 2 heteroatoms. The van der Waals surface area contributed by atoms with Crippen molar-refractivity contribution < 1.29 is 0 Å². The quantitative estimate of drug-likeness (QED) is 0.864. The Labute approximate surface area is 130 Å². The van der Waals surface area contributed by atoms with Gasteiger partial charge in [0.05, 0.1) is 0 Å². The molecule has 1 N–H and O–H groups in total. The van der Waals surface area contributed by atoms with Crippen LogP contribution in [0.4, 0.5) is 0 Å². The second-order valence-electron chi connectivity index (χ2n) is 7.50. The van der Waals surface area contributed by atoms with Crippen molar-refractivity contribution in [1.29, 1.82) is 0 Å². The van der Waals surface area contributed by atoms with Gasteiger partial charge in [-0.15, -0.1) is 0 Å². The number of nitrogens with zero attached hydrogens (tertiary/aromatic N) is 1. The molecule has 1 fully saturated rings. The molecule has 0 amide bonds. The van der Waals surface area contributed by atoms with E-state index in [4.69, 9.17) is 0 Å². The number of rotatable bonds is 5. The highest BCUT2D eigenvalue weighted by Gasteiger charge is 2.39. The van der Waals surface area contributed by atoms with Crippen LogP contribution in [0.5, 0.6) is 0 Å². The van der Waals surface area contributed by atoms with Crippen molar-refractivity contribution >= 4 is 0 Å². The van der Waals surface area contributed by atoms with Crippen molar-refractivity contribution in [3.05, 3.63) is 29.6 Å². The molecule has 1 heterocycles. The van der Waals surface area contributed by atoms with E-state index >= 15 is 0 Å². The van der Waals surface area contributed by atoms with E-state index in [0.717, 1.165) is 18.2 Å². The van der Waals surface area contributed by atoms with E-state index in [1.807, 2.05) is 0 Å². The Balaban J connectivity index is 2.20. The topological polar surface area (TPSA) is 24.9 Å². The highest BCUT2D eigenvalue weighted by Crippen LogP contribution is 2.42. The van der Waals surface area contributed by atoms with Crippen molar-refractivity contribution in [3.8, 4) is 0 Å². The maximum Gasteiger partial charge on any atom is 0.0372 e. The highest BCUT2D eigenvalue weighted by atomic mass is 14.9. The maximum atomic E-state index is 4.52. The molecule has 0 radical (unpaired) electrons. The van der Waals surface area contributed by atoms with E-state index in [2.05, 4.69) is 63.2 Å². The van der Waals surface area contributed by atoms with Crippen LogP contribution in [0, 0.1) is 18.8 Å². The third-order valence-electron chi connectivity index (χ3n) is 5.35. The molecule has 3 atom stereocenters. The summed E-state index contributed by atoms with van der Waals surface area (Å²) in [6, 6.07) is 5.07. The summed E-state index contributed by atoms with van der Waals surface area (Å²) in [5, 5.41) is 3.82. The highest BCUT2D eigenvalue weighted by molar-refractivity contribution is 5.24. The SMILES string of the molecule is CCCNC1CC(C)CCC1C(C)(C)c1ccc(C)nc1. The van der Waals surface area contributed by atoms with Gasteiger partial charge in [-0.25, -0.2) is 0 Å². The van der Waals surface area contributed by atoms with Gasteiger partial charge >= 0.3 is 0 Å². The van der Waals surface area contributed by atoms with Gasteiger partial charge in [0.1, 0.15) is 0 Å². The standard InChI is InChI=1S/C19H32N2/c1-6-11-20-18-12-14(2)7-10-17(18)19(4,5)16-9-8-15(3)21-13-16/h8-9,13-14,17-18,20H,6-7,10-12H2,1-5H3. The van der Waals surface area contributed by atoms with Crippen molar-refractivity contribution in [2.45, 2.75) is 71.8 Å². The predicted molar refractivity (Wildman–Crippen MR) is 90.6 cm³/mol. The maximum absolute atomic E-state index is 4.52. The molecule has 0 aliphatic heterocycles. The lowest BCUT2D eigenvalue weighted by molar-refractivity contribution is 0.145. The Morgan fingerprint density at radius 1 is 1.29 bits per heavy atom. The minimum atomic E-state index is 0.187. The molecule has 118 valence electrons. The van der Waals surface area contributed by atoms with Gasteiger partial charge < -0.3 is 5.32 Å². The Hall–Kier alpha value is -0.890. The minimum absolute atomic E-state index is 0.187. The number of hydrogen-bond donors (Lipinski definition) is 1. The van der Waals surface area contributed by atoms with Gasteiger partial charge in [0.25, 0.3) is 0 Å². The molecule has 0 spiro atoms. The van der Waals surface area contributed by atoms with Crippen LogP contribution < -0.4 is 5.32 Å². The molecule has 1 aliphatic carbocycles. The minimum Gasteiger partial charge on any atom is -0.314 e. The predicted octanol–water partition coefficient (Wildman–Crippen LogP) is 4.47. The number of pyridine rings is 1. The Morgan fingerprint density at radius 3 is 2.67 bits per heavy atom. The van der Waals surface area contributed by atoms with Crippen LogP contribution in [-0.4, -0.2) is 17.6 Å². The number of hydrogen-bond acceptors (Lipinski definition) is 2. The molecule has 1 saturated carbocycles. The first-order valence-electron chi connectivity index (χ1n) is 8.61. The summed E-state index contributed by atoms with van der Waals surface area (Å²) in [6.45, 7) is 12.7. The lowest BCUT2D eigenvalue weighted by atomic mass is 9.64. The van der Waals surface area contributed by atoms with Gasteiger partial charge in [-0.1, -0.05) is 40.2 Å². The van der Waals surface area contributed by atoms with Crippen LogP contribution in [0.15, 0.2) is 18.3 Å². The summed E-state index contributed by atoms with van der Waals surface area (Å²) >= 11 is 0.